The van der Waals surface area contributed by atoms with Crippen LogP contribution in [-0.4, -0.2) is 41.5 Å². The van der Waals surface area contributed by atoms with Gasteiger partial charge in [-0.05, 0) is 63.1 Å². The summed E-state index contributed by atoms with van der Waals surface area (Å²) in [5.74, 6) is 0.264. The van der Waals surface area contributed by atoms with E-state index in [9.17, 15) is 9.90 Å². The lowest BCUT2D eigenvalue weighted by atomic mass is 10.1. The number of benzene rings is 2. The molecule has 0 bridgehead atoms. The molecular formula is C24H30N2O4. The van der Waals surface area contributed by atoms with E-state index < -0.39 is 6.10 Å². The smallest absolute Gasteiger partial charge is 0.340 e. The Bertz CT molecular complexity index is 1060. The molecule has 1 heterocycles. The number of ether oxygens (including phenoxy) is 2. The van der Waals surface area contributed by atoms with Crippen LogP contribution in [0.3, 0.4) is 0 Å². The van der Waals surface area contributed by atoms with E-state index in [0.29, 0.717) is 24.5 Å². The summed E-state index contributed by atoms with van der Waals surface area (Å²) in [5.41, 5.74) is 5.71. The van der Waals surface area contributed by atoms with Crippen molar-refractivity contribution in [3.05, 3.63) is 58.8 Å². The first-order chi connectivity index (χ1) is 14.3. The van der Waals surface area contributed by atoms with Crippen LogP contribution in [-0.2, 0) is 11.8 Å². The van der Waals surface area contributed by atoms with E-state index in [1.54, 1.807) is 6.92 Å². The van der Waals surface area contributed by atoms with Crippen molar-refractivity contribution in [2.24, 2.45) is 7.05 Å². The van der Waals surface area contributed by atoms with Crippen molar-refractivity contribution in [2.75, 3.05) is 25.1 Å². The molecule has 0 radical (unpaired) electrons. The number of esters is 1. The van der Waals surface area contributed by atoms with Crippen molar-refractivity contribution < 1.29 is 19.4 Å². The molecule has 6 nitrogen and oxygen atoms in total. The molecule has 160 valence electrons. The number of aromatic nitrogens is 1. The fraction of sp³-hybridized carbons (Fsp3) is 0.375. The molecule has 0 aliphatic carbocycles. The minimum Gasteiger partial charge on any atom is -0.491 e. The number of aliphatic hydroxyl groups excluding tert-OH is 1. The van der Waals surface area contributed by atoms with Crippen molar-refractivity contribution in [1.82, 2.24) is 4.57 Å². The maximum atomic E-state index is 12.4. The highest BCUT2D eigenvalue weighted by Gasteiger charge is 2.20. The van der Waals surface area contributed by atoms with Crippen LogP contribution in [0.2, 0.25) is 0 Å². The van der Waals surface area contributed by atoms with Crippen molar-refractivity contribution in [3.63, 3.8) is 0 Å². The van der Waals surface area contributed by atoms with Gasteiger partial charge in [0, 0.05) is 35.9 Å². The van der Waals surface area contributed by atoms with Crippen LogP contribution >= 0.6 is 0 Å². The lowest BCUT2D eigenvalue weighted by Gasteiger charge is -2.16. The number of nitrogens with zero attached hydrogens (tertiary/aromatic N) is 1. The fourth-order valence-electron chi connectivity index (χ4n) is 3.52. The van der Waals surface area contributed by atoms with Crippen LogP contribution in [0.5, 0.6) is 5.75 Å². The Morgan fingerprint density at radius 2 is 1.97 bits per heavy atom. The van der Waals surface area contributed by atoms with Gasteiger partial charge in [-0.15, -0.1) is 0 Å². The number of hydrogen-bond donors (Lipinski definition) is 2. The van der Waals surface area contributed by atoms with E-state index >= 15 is 0 Å². The van der Waals surface area contributed by atoms with Gasteiger partial charge < -0.3 is 24.5 Å². The molecule has 30 heavy (non-hydrogen) atoms. The third-order valence-corrected chi connectivity index (χ3v) is 5.52. The summed E-state index contributed by atoms with van der Waals surface area (Å²) in [6, 6.07) is 11.7. The Morgan fingerprint density at radius 1 is 1.20 bits per heavy atom. The number of nitrogens with one attached hydrogen (secondary N) is 1. The van der Waals surface area contributed by atoms with Crippen LogP contribution in [0.4, 0.5) is 5.69 Å². The molecule has 3 rings (SSSR count). The predicted octanol–water partition coefficient (Wildman–Crippen LogP) is 4.13. The van der Waals surface area contributed by atoms with Gasteiger partial charge in [0.2, 0.25) is 0 Å². The molecule has 0 aliphatic heterocycles. The molecule has 0 saturated heterocycles. The summed E-state index contributed by atoms with van der Waals surface area (Å²) in [6.45, 7) is 8.65. The van der Waals surface area contributed by atoms with Crippen LogP contribution in [0.15, 0.2) is 36.4 Å². The molecule has 1 atom stereocenters. The van der Waals surface area contributed by atoms with Crippen LogP contribution in [0, 0.1) is 20.8 Å². The molecular weight excluding hydrogens is 380 g/mol. The lowest BCUT2D eigenvalue weighted by molar-refractivity contribution is 0.0527. The quantitative estimate of drug-likeness (QED) is 0.546. The number of rotatable bonds is 8. The summed E-state index contributed by atoms with van der Waals surface area (Å²) in [7, 11) is 1.92. The highest BCUT2D eigenvalue weighted by Crippen LogP contribution is 2.29. The zero-order chi connectivity index (χ0) is 21.8. The van der Waals surface area contributed by atoms with Crippen molar-refractivity contribution in [2.45, 2.75) is 33.8 Å². The second-order valence-corrected chi connectivity index (χ2v) is 7.51. The minimum atomic E-state index is -0.678. The van der Waals surface area contributed by atoms with Crippen molar-refractivity contribution >= 4 is 22.6 Å². The van der Waals surface area contributed by atoms with Gasteiger partial charge in [-0.2, -0.15) is 0 Å². The van der Waals surface area contributed by atoms with Crippen LogP contribution in [0.1, 0.15) is 34.1 Å². The van der Waals surface area contributed by atoms with E-state index in [4.69, 9.17) is 9.47 Å². The molecule has 0 saturated carbocycles. The average Bonchev–Trinajstić information content (AvgIpc) is 2.97. The topological polar surface area (TPSA) is 72.7 Å². The molecule has 0 spiro atoms. The Balaban J connectivity index is 1.69. The lowest BCUT2D eigenvalue weighted by Crippen LogP contribution is -2.26. The van der Waals surface area contributed by atoms with E-state index in [1.807, 2.05) is 48.9 Å². The first-order valence-electron chi connectivity index (χ1n) is 10.2. The first kappa shape index (κ1) is 21.7. The van der Waals surface area contributed by atoms with Gasteiger partial charge in [-0.25, -0.2) is 4.79 Å². The maximum absolute atomic E-state index is 12.4. The normalized spacial score (nSPS) is 12.1. The van der Waals surface area contributed by atoms with Gasteiger partial charge in [0.05, 0.1) is 12.2 Å². The number of carbonyl (C=O) groups is 1. The number of fused-ring (bicyclic) bond motifs is 1. The molecule has 2 aromatic carbocycles. The molecule has 3 aromatic rings. The highest BCUT2D eigenvalue weighted by atomic mass is 16.5. The number of hydrogen-bond acceptors (Lipinski definition) is 5. The Kier molecular flexibility index (Phi) is 6.67. The highest BCUT2D eigenvalue weighted by molar-refractivity contribution is 6.06. The number of aryl methyl sites for hydroxylation is 2. The number of carbonyl (C=O) groups excluding carboxylic acids is 1. The monoisotopic (exact) mass is 410 g/mol. The van der Waals surface area contributed by atoms with E-state index in [2.05, 4.69) is 25.2 Å². The zero-order valence-corrected chi connectivity index (χ0v) is 18.3. The molecule has 6 heteroatoms. The second kappa shape index (κ2) is 9.22. The maximum Gasteiger partial charge on any atom is 0.340 e. The largest absolute Gasteiger partial charge is 0.491 e. The van der Waals surface area contributed by atoms with Gasteiger partial charge in [0.25, 0.3) is 0 Å². The van der Waals surface area contributed by atoms with Crippen LogP contribution < -0.4 is 10.1 Å². The van der Waals surface area contributed by atoms with Crippen molar-refractivity contribution in [1.29, 1.82) is 0 Å². The van der Waals surface area contributed by atoms with E-state index in [-0.39, 0.29) is 12.6 Å². The molecule has 1 aromatic heterocycles. The Morgan fingerprint density at radius 3 is 2.70 bits per heavy atom. The predicted molar refractivity (Wildman–Crippen MR) is 120 cm³/mol. The zero-order valence-electron chi connectivity index (χ0n) is 18.3. The van der Waals surface area contributed by atoms with Gasteiger partial charge in [0.15, 0.2) is 0 Å². The van der Waals surface area contributed by atoms with Gasteiger partial charge in [-0.1, -0.05) is 12.1 Å². The fourth-order valence-corrected chi connectivity index (χ4v) is 3.52. The SMILES string of the molecule is CCOC(=O)c1c(C)n(C)c2ccc(OCC(O)CNc3cccc(C)c3C)cc12. The van der Waals surface area contributed by atoms with E-state index in [1.165, 1.54) is 11.1 Å². The summed E-state index contributed by atoms with van der Waals surface area (Å²) < 4.78 is 13.0. The Hall–Kier alpha value is -2.99. The third-order valence-electron chi connectivity index (χ3n) is 5.52. The average molecular weight is 411 g/mol. The summed E-state index contributed by atoms with van der Waals surface area (Å²) in [4.78, 5) is 12.4. The van der Waals surface area contributed by atoms with Gasteiger partial charge >= 0.3 is 5.97 Å². The molecule has 2 N–H and O–H groups in total. The van der Waals surface area contributed by atoms with Gasteiger partial charge in [0.1, 0.15) is 18.5 Å². The summed E-state index contributed by atoms with van der Waals surface area (Å²) in [6.07, 6.45) is -0.678. The first-order valence-corrected chi connectivity index (χ1v) is 10.2. The molecule has 0 aliphatic rings. The Labute approximate surface area is 177 Å². The van der Waals surface area contributed by atoms with E-state index in [0.717, 1.165) is 22.3 Å². The van der Waals surface area contributed by atoms with Crippen LogP contribution in [0.25, 0.3) is 10.9 Å². The summed E-state index contributed by atoms with van der Waals surface area (Å²) in [5, 5.41) is 14.4. The standard InChI is InChI=1S/C24H30N2O4/c1-6-29-24(28)23-17(4)26(5)22-11-10-19(12-20(22)23)30-14-18(27)13-25-21-9-7-8-15(2)16(21)3/h7-12,18,25,27H,6,13-14H2,1-5H3. The molecule has 0 amide bonds. The number of aliphatic hydroxyl groups is 1. The second-order valence-electron chi connectivity index (χ2n) is 7.51. The minimum absolute atomic E-state index is 0.143. The van der Waals surface area contributed by atoms with Crippen molar-refractivity contribution in [3.8, 4) is 5.75 Å². The molecule has 0 fully saturated rings. The van der Waals surface area contributed by atoms with Gasteiger partial charge in [-0.3, -0.25) is 0 Å². The third kappa shape index (κ3) is 4.44. The molecule has 1 unspecified atom stereocenters. The summed E-state index contributed by atoms with van der Waals surface area (Å²) >= 11 is 0. The number of anilines is 1.